The molecule has 0 unspecified atom stereocenters. The van der Waals surface area contributed by atoms with Gasteiger partial charge in [0.15, 0.2) is 5.82 Å². The molecule has 1 aliphatic heterocycles. The average molecular weight is 423 g/mol. The quantitative estimate of drug-likeness (QED) is 0.546. The maximum absolute atomic E-state index is 12.7. The SMILES string of the molecule is Cn1ccnc1C(=O)c1ccc(NC(=O)C[C@@H]2NC(=O)N(C3CCCCC3)C2=O)cc1. The molecule has 1 aliphatic carbocycles. The summed E-state index contributed by atoms with van der Waals surface area (Å²) in [5, 5.41) is 5.35. The van der Waals surface area contributed by atoms with E-state index in [1.807, 2.05) is 0 Å². The molecule has 2 fully saturated rings. The van der Waals surface area contributed by atoms with Crippen LogP contribution >= 0.6 is 0 Å². The summed E-state index contributed by atoms with van der Waals surface area (Å²) in [6, 6.07) is 5.14. The van der Waals surface area contributed by atoms with Gasteiger partial charge in [-0.2, -0.15) is 0 Å². The number of aryl methyl sites for hydroxylation is 1. The number of carbonyl (C=O) groups excluding carboxylic acids is 4. The molecule has 2 N–H and O–H groups in total. The van der Waals surface area contributed by atoms with Gasteiger partial charge < -0.3 is 15.2 Å². The van der Waals surface area contributed by atoms with Gasteiger partial charge in [0.1, 0.15) is 6.04 Å². The molecule has 2 aliphatic rings. The van der Waals surface area contributed by atoms with Crippen LogP contribution in [0.25, 0.3) is 0 Å². The van der Waals surface area contributed by atoms with E-state index in [1.54, 1.807) is 48.3 Å². The minimum Gasteiger partial charge on any atom is -0.331 e. The van der Waals surface area contributed by atoms with Gasteiger partial charge in [-0.05, 0) is 37.1 Å². The number of rotatable bonds is 6. The molecule has 1 saturated carbocycles. The summed E-state index contributed by atoms with van der Waals surface area (Å²) < 4.78 is 1.64. The Labute approximate surface area is 179 Å². The van der Waals surface area contributed by atoms with Crippen LogP contribution in [-0.2, 0) is 16.6 Å². The summed E-state index contributed by atoms with van der Waals surface area (Å²) in [6.45, 7) is 0. The lowest BCUT2D eigenvalue weighted by Gasteiger charge is -2.28. The molecule has 9 nitrogen and oxygen atoms in total. The number of nitrogens with zero attached hydrogens (tertiary/aromatic N) is 3. The first-order chi connectivity index (χ1) is 14.9. The number of nitrogens with one attached hydrogen (secondary N) is 2. The zero-order valence-corrected chi connectivity index (χ0v) is 17.3. The van der Waals surface area contributed by atoms with Crippen molar-refractivity contribution in [3.8, 4) is 0 Å². The van der Waals surface area contributed by atoms with Gasteiger partial charge >= 0.3 is 6.03 Å². The first-order valence-corrected chi connectivity index (χ1v) is 10.5. The van der Waals surface area contributed by atoms with Crippen LogP contribution in [0.5, 0.6) is 0 Å². The summed E-state index contributed by atoms with van der Waals surface area (Å²) in [7, 11) is 1.74. The normalized spacial score (nSPS) is 19.4. The van der Waals surface area contributed by atoms with E-state index in [1.165, 1.54) is 4.90 Å². The topological polar surface area (TPSA) is 113 Å². The number of amides is 4. The highest BCUT2D eigenvalue weighted by Crippen LogP contribution is 2.26. The van der Waals surface area contributed by atoms with Crippen LogP contribution < -0.4 is 10.6 Å². The van der Waals surface area contributed by atoms with Gasteiger partial charge in [0.05, 0.1) is 6.42 Å². The number of carbonyl (C=O) groups is 4. The Kier molecular flexibility index (Phi) is 5.83. The molecule has 2 heterocycles. The standard InChI is InChI=1S/C22H25N5O4/c1-26-12-11-23-20(26)19(29)14-7-9-15(10-8-14)24-18(28)13-17-21(30)27(22(31)25-17)16-5-3-2-4-6-16/h7-12,16-17H,2-6,13H2,1H3,(H,24,28)(H,25,31)/t17-/m0/s1. The Morgan fingerprint density at radius 3 is 2.48 bits per heavy atom. The van der Waals surface area contributed by atoms with Crippen LogP contribution in [0.2, 0.25) is 0 Å². The lowest BCUT2D eigenvalue weighted by molar-refractivity contribution is -0.131. The number of hydrogen-bond donors (Lipinski definition) is 2. The second-order valence-electron chi connectivity index (χ2n) is 8.02. The number of hydrogen-bond acceptors (Lipinski definition) is 5. The average Bonchev–Trinajstić information content (AvgIpc) is 3.31. The minimum atomic E-state index is -0.848. The van der Waals surface area contributed by atoms with Crippen molar-refractivity contribution in [3.63, 3.8) is 0 Å². The van der Waals surface area contributed by atoms with Crippen molar-refractivity contribution in [1.82, 2.24) is 19.8 Å². The van der Waals surface area contributed by atoms with Crippen molar-refractivity contribution in [2.24, 2.45) is 7.05 Å². The molecule has 1 atom stereocenters. The zero-order valence-electron chi connectivity index (χ0n) is 17.3. The third kappa shape index (κ3) is 4.35. The molecular formula is C22H25N5O4. The number of aromatic nitrogens is 2. The molecule has 0 spiro atoms. The molecule has 162 valence electrons. The predicted octanol–water partition coefficient (Wildman–Crippen LogP) is 2.23. The first kappa shape index (κ1) is 20.8. The van der Waals surface area contributed by atoms with Gasteiger partial charge in [-0.1, -0.05) is 19.3 Å². The Hall–Kier alpha value is -3.49. The van der Waals surface area contributed by atoms with Crippen LogP contribution in [0.1, 0.15) is 54.7 Å². The van der Waals surface area contributed by atoms with E-state index in [2.05, 4.69) is 15.6 Å². The van der Waals surface area contributed by atoms with Crippen molar-refractivity contribution in [2.45, 2.75) is 50.6 Å². The van der Waals surface area contributed by atoms with E-state index in [-0.39, 0.29) is 30.1 Å². The van der Waals surface area contributed by atoms with Crippen molar-refractivity contribution in [2.75, 3.05) is 5.32 Å². The molecule has 4 rings (SSSR count). The number of benzene rings is 1. The van der Waals surface area contributed by atoms with Crippen molar-refractivity contribution < 1.29 is 19.2 Å². The van der Waals surface area contributed by atoms with E-state index in [4.69, 9.17) is 0 Å². The van der Waals surface area contributed by atoms with Gasteiger partial charge in [0, 0.05) is 36.7 Å². The van der Waals surface area contributed by atoms with Gasteiger partial charge in [-0.15, -0.1) is 0 Å². The third-order valence-corrected chi connectivity index (χ3v) is 5.84. The van der Waals surface area contributed by atoms with Gasteiger partial charge in [-0.25, -0.2) is 9.78 Å². The third-order valence-electron chi connectivity index (χ3n) is 5.84. The Morgan fingerprint density at radius 1 is 1.13 bits per heavy atom. The molecular weight excluding hydrogens is 398 g/mol. The fourth-order valence-corrected chi connectivity index (χ4v) is 4.19. The van der Waals surface area contributed by atoms with Crippen molar-refractivity contribution in [1.29, 1.82) is 0 Å². The van der Waals surface area contributed by atoms with Crippen LogP contribution in [-0.4, -0.2) is 50.2 Å². The predicted molar refractivity (Wildman–Crippen MR) is 112 cm³/mol. The highest BCUT2D eigenvalue weighted by atomic mass is 16.2. The van der Waals surface area contributed by atoms with E-state index in [9.17, 15) is 19.2 Å². The molecule has 2 aromatic rings. The molecule has 31 heavy (non-hydrogen) atoms. The molecule has 1 aromatic carbocycles. The number of anilines is 1. The Morgan fingerprint density at radius 2 is 1.84 bits per heavy atom. The van der Waals surface area contributed by atoms with E-state index in [0.29, 0.717) is 17.1 Å². The second kappa shape index (κ2) is 8.71. The number of imidazole rings is 1. The molecule has 1 aromatic heterocycles. The minimum absolute atomic E-state index is 0.0712. The fraction of sp³-hybridized carbons (Fsp3) is 0.409. The van der Waals surface area contributed by atoms with Gasteiger partial charge in [0.2, 0.25) is 11.7 Å². The van der Waals surface area contributed by atoms with Crippen LogP contribution in [0.15, 0.2) is 36.7 Å². The molecule has 0 radical (unpaired) electrons. The highest BCUT2D eigenvalue weighted by molar-refractivity contribution is 6.08. The van der Waals surface area contributed by atoms with Crippen molar-refractivity contribution in [3.05, 3.63) is 48.0 Å². The summed E-state index contributed by atoms with van der Waals surface area (Å²) in [5.41, 5.74) is 0.955. The maximum atomic E-state index is 12.7. The molecule has 0 bridgehead atoms. The summed E-state index contributed by atoms with van der Waals surface area (Å²) in [6.07, 6.45) is 7.89. The molecule has 1 saturated heterocycles. The zero-order chi connectivity index (χ0) is 22.0. The number of imide groups is 1. The summed E-state index contributed by atoms with van der Waals surface area (Å²) >= 11 is 0. The highest BCUT2D eigenvalue weighted by Gasteiger charge is 2.42. The smallest absolute Gasteiger partial charge is 0.325 e. The molecule has 4 amide bonds. The summed E-state index contributed by atoms with van der Waals surface area (Å²) in [4.78, 5) is 55.2. The van der Waals surface area contributed by atoms with Gasteiger partial charge in [0.25, 0.3) is 5.91 Å². The maximum Gasteiger partial charge on any atom is 0.325 e. The van der Waals surface area contributed by atoms with Gasteiger partial charge in [-0.3, -0.25) is 19.3 Å². The van der Waals surface area contributed by atoms with Crippen LogP contribution in [0.3, 0.4) is 0 Å². The monoisotopic (exact) mass is 423 g/mol. The van der Waals surface area contributed by atoms with E-state index >= 15 is 0 Å². The van der Waals surface area contributed by atoms with Crippen LogP contribution in [0, 0.1) is 0 Å². The largest absolute Gasteiger partial charge is 0.331 e. The Balaban J connectivity index is 1.34. The number of urea groups is 1. The summed E-state index contributed by atoms with van der Waals surface area (Å²) in [5.74, 6) is -0.599. The lowest BCUT2D eigenvalue weighted by atomic mass is 9.94. The van der Waals surface area contributed by atoms with E-state index in [0.717, 1.165) is 32.1 Å². The molecule has 9 heteroatoms. The van der Waals surface area contributed by atoms with Crippen molar-refractivity contribution >= 4 is 29.3 Å². The lowest BCUT2D eigenvalue weighted by Crippen LogP contribution is -2.42. The fourth-order valence-electron chi connectivity index (χ4n) is 4.19. The van der Waals surface area contributed by atoms with Crippen LogP contribution in [0.4, 0.5) is 10.5 Å². The first-order valence-electron chi connectivity index (χ1n) is 10.5. The second-order valence-corrected chi connectivity index (χ2v) is 8.02. The Bertz CT molecular complexity index is 1010. The number of ketones is 1. The van der Waals surface area contributed by atoms with E-state index < -0.39 is 12.1 Å².